The van der Waals surface area contributed by atoms with Crippen LogP contribution in [0.4, 0.5) is 5.69 Å². The molecule has 0 atom stereocenters. The van der Waals surface area contributed by atoms with Gasteiger partial charge in [0.1, 0.15) is 10.8 Å². The molecular weight excluding hydrogens is 421 g/mol. The molecule has 1 aromatic heterocycles. The molecule has 1 aromatic carbocycles. The molecule has 26 heavy (non-hydrogen) atoms. The maximum atomic E-state index is 12.2. The van der Waals surface area contributed by atoms with E-state index in [9.17, 15) is 4.79 Å². The number of pyridine rings is 1. The Hall–Kier alpha value is -2.00. The van der Waals surface area contributed by atoms with Crippen molar-refractivity contribution in [2.45, 2.75) is 6.54 Å². The average molecular weight is 435 g/mol. The summed E-state index contributed by atoms with van der Waals surface area (Å²) in [5.41, 5.74) is 11.3. The molecule has 1 heterocycles. The summed E-state index contributed by atoms with van der Waals surface area (Å²) in [5, 5.41) is 2.88. The van der Waals surface area contributed by atoms with Crippen molar-refractivity contribution in [1.29, 1.82) is 0 Å². The normalized spacial score (nSPS) is 10.2. The van der Waals surface area contributed by atoms with Crippen molar-refractivity contribution in [3.8, 4) is 5.75 Å². The Morgan fingerprint density at radius 2 is 1.85 bits per heavy atom. The number of nitrogens with two attached hydrogens (primary N) is 1. The van der Waals surface area contributed by atoms with Crippen LogP contribution < -0.4 is 26.6 Å². The third kappa shape index (κ3) is 5.01. The molecule has 5 N–H and O–H groups in total. The predicted molar refractivity (Wildman–Crippen MR) is 107 cm³/mol. The number of ether oxygens (including phenoxy) is 1. The van der Waals surface area contributed by atoms with E-state index in [-0.39, 0.29) is 31.7 Å². The molecule has 1 amide bonds. The summed E-state index contributed by atoms with van der Waals surface area (Å²) in [4.78, 5) is 16.0. The molecular formula is C15H14Cl3N5O2S. The van der Waals surface area contributed by atoms with Gasteiger partial charge in [0.15, 0.2) is 16.0 Å². The van der Waals surface area contributed by atoms with Crippen molar-refractivity contribution >= 4 is 63.7 Å². The number of halogens is 3. The second-order valence-corrected chi connectivity index (χ2v) is 6.42. The number of amides is 1. The second-order valence-electron chi connectivity index (χ2n) is 4.90. The summed E-state index contributed by atoms with van der Waals surface area (Å²) in [6.07, 6.45) is 0. The lowest BCUT2D eigenvalue weighted by Crippen LogP contribution is -2.46. The molecule has 7 nitrogen and oxygen atoms in total. The monoisotopic (exact) mass is 433 g/mol. The van der Waals surface area contributed by atoms with E-state index in [0.29, 0.717) is 6.54 Å². The third-order valence-corrected chi connectivity index (χ3v) is 4.57. The lowest BCUT2D eigenvalue weighted by molar-refractivity contribution is 0.0939. The van der Waals surface area contributed by atoms with Crippen LogP contribution in [0.25, 0.3) is 0 Å². The van der Waals surface area contributed by atoms with Gasteiger partial charge >= 0.3 is 0 Å². The number of hydrogen-bond acceptors (Lipinski definition) is 5. The van der Waals surface area contributed by atoms with Gasteiger partial charge in [0.05, 0.1) is 17.8 Å². The predicted octanol–water partition coefficient (Wildman–Crippen LogP) is 2.94. The van der Waals surface area contributed by atoms with E-state index in [1.165, 1.54) is 0 Å². The number of hydrogen-bond donors (Lipinski definition) is 4. The minimum absolute atomic E-state index is 0.0159. The number of nitrogens with one attached hydrogen (secondary N) is 3. The maximum Gasteiger partial charge on any atom is 0.289 e. The summed E-state index contributed by atoms with van der Waals surface area (Å²) in [7, 11) is 1.59. The van der Waals surface area contributed by atoms with Crippen LogP contribution in [0.2, 0.25) is 15.2 Å². The summed E-state index contributed by atoms with van der Waals surface area (Å²) in [5.74, 6) is 0.0841. The average Bonchev–Trinajstić information content (AvgIpc) is 2.65. The van der Waals surface area contributed by atoms with Gasteiger partial charge in [-0.25, -0.2) is 4.98 Å². The number of carbonyl (C=O) groups is 1. The number of aromatic nitrogens is 1. The number of benzene rings is 1. The SMILES string of the molecule is COc1ccc(CNC(=S)NNC(=O)c2nc(Cl)c(Cl)c(N)c2Cl)cc1. The van der Waals surface area contributed by atoms with Gasteiger partial charge in [-0.1, -0.05) is 46.9 Å². The first kappa shape index (κ1) is 20.3. The molecule has 2 aromatic rings. The van der Waals surface area contributed by atoms with Crippen LogP contribution in [-0.4, -0.2) is 23.1 Å². The third-order valence-electron chi connectivity index (χ3n) is 3.19. The van der Waals surface area contributed by atoms with Gasteiger partial charge in [-0.15, -0.1) is 0 Å². The maximum absolute atomic E-state index is 12.2. The van der Waals surface area contributed by atoms with Gasteiger partial charge in [0, 0.05) is 6.54 Å². The summed E-state index contributed by atoms with van der Waals surface area (Å²) in [6, 6.07) is 7.43. The smallest absolute Gasteiger partial charge is 0.289 e. The van der Waals surface area contributed by atoms with Crippen molar-refractivity contribution < 1.29 is 9.53 Å². The van der Waals surface area contributed by atoms with E-state index in [0.717, 1.165) is 11.3 Å². The largest absolute Gasteiger partial charge is 0.497 e. The molecule has 0 bridgehead atoms. The van der Waals surface area contributed by atoms with E-state index in [1.807, 2.05) is 24.3 Å². The van der Waals surface area contributed by atoms with Crippen LogP contribution in [0.1, 0.15) is 16.1 Å². The quantitative estimate of drug-likeness (QED) is 0.333. The lowest BCUT2D eigenvalue weighted by atomic mass is 10.2. The van der Waals surface area contributed by atoms with E-state index in [4.69, 9.17) is 57.5 Å². The van der Waals surface area contributed by atoms with Crippen molar-refractivity contribution in [2.24, 2.45) is 0 Å². The summed E-state index contributed by atoms with van der Waals surface area (Å²) in [6.45, 7) is 0.449. The highest BCUT2D eigenvalue weighted by Gasteiger charge is 2.19. The Balaban J connectivity index is 1.89. The van der Waals surface area contributed by atoms with Gasteiger partial charge in [0.25, 0.3) is 5.91 Å². The minimum atomic E-state index is -0.672. The van der Waals surface area contributed by atoms with Crippen LogP contribution in [0, 0.1) is 0 Å². The fraction of sp³-hybridized carbons (Fsp3) is 0.133. The molecule has 0 saturated heterocycles. The first-order valence-electron chi connectivity index (χ1n) is 7.10. The number of nitrogen functional groups attached to an aromatic ring is 1. The minimum Gasteiger partial charge on any atom is -0.497 e. The molecule has 0 spiro atoms. The first-order valence-corrected chi connectivity index (χ1v) is 8.64. The van der Waals surface area contributed by atoms with Crippen LogP contribution in [0.5, 0.6) is 5.75 Å². The molecule has 0 fully saturated rings. The molecule has 0 saturated carbocycles. The van der Waals surface area contributed by atoms with Gasteiger partial charge in [-0.05, 0) is 29.9 Å². The number of carbonyl (C=O) groups excluding carboxylic acids is 1. The molecule has 0 radical (unpaired) electrons. The Kier molecular flexibility index (Phi) is 7.10. The molecule has 0 aliphatic rings. The summed E-state index contributed by atoms with van der Waals surface area (Å²) >= 11 is 22.7. The fourth-order valence-corrected chi connectivity index (χ4v) is 2.54. The molecule has 138 valence electrons. The fourth-order valence-electron chi connectivity index (χ4n) is 1.82. The van der Waals surface area contributed by atoms with Crippen molar-refractivity contribution in [3.05, 3.63) is 50.7 Å². The van der Waals surface area contributed by atoms with Crippen LogP contribution in [0.3, 0.4) is 0 Å². The number of rotatable bonds is 4. The van der Waals surface area contributed by atoms with E-state index >= 15 is 0 Å². The molecule has 0 unspecified atom stereocenters. The van der Waals surface area contributed by atoms with Gasteiger partial charge < -0.3 is 15.8 Å². The van der Waals surface area contributed by atoms with E-state index in [2.05, 4.69) is 21.2 Å². The number of thiocarbonyl (C=S) groups is 1. The Morgan fingerprint density at radius 1 is 1.19 bits per heavy atom. The van der Waals surface area contributed by atoms with Gasteiger partial charge in [-0.2, -0.15) is 0 Å². The standard InChI is InChI=1S/C15H14Cl3N5O2S/c1-25-8-4-2-7(3-5-8)6-20-15(26)23-22-14(24)12-9(16)11(19)10(17)13(18)21-12/h2-5H,6H2,1H3,(H2,19,21)(H,22,24)(H2,20,23,26). The number of methoxy groups -OCH3 is 1. The molecule has 11 heteroatoms. The number of hydrazine groups is 1. The Bertz CT molecular complexity index is 833. The van der Waals surface area contributed by atoms with Gasteiger partial charge in [0.2, 0.25) is 0 Å². The van der Waals surface area contributed by atoms with Crippen LogP contribution >= 0.6 is 47.0 Å². The molecule has 2 rings (SSSR count). The Labute approximate surface area is 170 Å². The van der Waals surface area contributed by atoms with Crippen LogP contribution in [0.15, 0.2) is 24.3 Å². The van der Waals surface area contributed by atoms with Crippen molar-refractivity contribution in [3.63, 3.8) is 0 Å². The Morgan fingerprint density at radius 3 is 2.46 bits per heavy atom. The van der Waals surface area contributed by atoms with Crippen molar-refractivity contribution in [2.75, 3.05) is 12.8 Å². The summed E-state index contributed by atoms with van der Waals surface area (Å²) < 4.78 is 5.09. The highest BCUT2D eigenvalue weighted by atomic mass is 35.5. The molecule has 0 aliphatic carbocycles. The van der Waals surface area contributed by atoms with Gasteiger partial charge in [-0.3, -0.25) is 15.6 Å². The van der Waals surface area contributed by atoms with Crippen molar-refractivity contribution in [1.82, 2.24) is 21.2 Å². The number of anilines is 1. The zero-order valence-corrected chi connectivity index (χ0v) is 16.5. The van der Waals surface area contributed by atoms with Crippen LogP contribution in [-0.2, 0) is 6.54 Å². The highest BCUT2D eigenvalue weighted by Crippen LogP contribution is 2.34. The zero-order chi connectivity index (χ0) is 19.3. The highest BCUT2D eigenvalue weighted by molar-refractivity contribution is 7.80. The first-order chi connectivity index (χ1) is 12.3. The molecule has 0 aliphatic heterocycles. The van der Waals surface area contributed by atoms with E-state index < -0.39 is 5.91 Å². The number of nitrogens with zero attached hydrogens (tertiary/aromatic N) is 1. The zero-order valence-electron chi connectivity index (χ0n) is 13.4. The lowest BCUT2D eigenvalue weighted by Gasteiger charge is -2.13. The van der Waals surface area contributed by atoms with E-state index in [1.54, 1.807) is 7.11 Å². The topological polar surface area (TPSA) is 101 Å². The second kappa shape index (κ2) is 9.09.